The minimum atomic E-state index is -2.29. The van der Waals surface area contributed by atoms with Crippen LogP contribution in [0.25, 0.3) is 0 Å². The van der Waals surface area contributed by atoms with Gasteiger partial charge in [-0.1, -0.05) is 0 Å². The normalized spacial score (nSPS) is 7.71. The summed E-state index contributed by atoms with van der Waals surface area (Å²) in [5.74, 6) is 0. The largest absolute Gasteiger partial charge is 0.339 e. The van der Waals surface area contributed by atoms with Gasteiger partial charge in [-0.05, 0) is 0 Å². The highest BCUT2D eigenvalue weighted by molar-refractivity contribution is 4.67. The van der Waals surface area contributed by atoms with Gasteiger partial charge in [-0.2, -0.15) is 8.78 Å². The summed E-state index contributed by atoms with van der Waals surface area (Å²) in [6, 6.07) is 0. The molecule has 0 heterocycles. The quantitative estimate of drug-likeness (QED) is 0.372. The number of nitrogens with zero attached hydrogens (tertiary/aromatic N) is 1. The molecule has 0 bridgehead atoms. The summed E-state index contributed by atoms with van der Waals surface area (Å²) < 4.78 is 21.4. The standard InChI is InChI=1S/C2HF2NO2/c3-2(4)1-5(6)7/h1H. The molecule has 0 aliphatic heterocycles. The summed E-state index contributed by atoms with van der Waals surface area (Å²) in [4.78, 5) is 7.85. The summed E-state index contributed by atoms with van der Waals surface area (Å²) in [5, 5.41) is 9.06. The number of rotatable bonds is 1. The molecule has 0 saturated carbocycles. The Labute approximate surface area is 37.4 Å². The second-order valence-corrected chi connectivity index (χ2v) is 0.704. The monoisotopic (exact) mass is 109 g/mol. The summed E-state index contributed by atoms with van der Waals surface area (Å²) in [6.07, 6.45) is -2.65. The van der Waals surface area contributed by atoms with Crippen LogP contribution in [-0.4, -0.2) is 4.92 Å². The Morgan fingerprint density at radius 3 is 2.14 bits per heavy atom. The highest BCUT2D eigenvalue weighted by Gasteiger charge is 1.93. The van der Waals surface area contributed by atoms with Gasteiger partial charge >= 0.3 is 6.08 Å². The summed E-state index contributed by atoms with van der Waals surface area (Å²) in [5.41, 5.74) is 0. The van der Waals surface area contributed by atoms with E-state index in [9.17, 15) is 8.78 Å². The van der Waals surface area contributed by atoms with E-state index >= 15 is 0 Å². The molecule has 0 aromatic heterocycles. The molecule has 0 atom stereocenters. The Morgan fingerprint density at radius 1 is 1.71 bits per heavy atom. The Morgan fingerprint density at radius 2 is 2.14 bits per heavy atom. The van der Waals surface area contributed by atoms with Crippen LogP contribution in [0.1, 0.15) is 0 Å². The second-order valence-electron chi connectivity index (χ2n) is 0.704. The van der Waals surface area contributed by atoms with E-state index in [0.717, 1.165) is 0 Å². The molecule has 0 aliphatic rings. The van der Waals surface area contributed by atoms with Crippen molar-refractivity contribution in [2.75, 3.05) is 0 Å². The Hall–Kier alpha value is -1.00. The molecule has 5 heteroatoms. The van der Waals surface area contributed by atoms with Gasteiger partial charge in [-0.25, -0.2) is 0 Å². The molecular weight excluding hydrogens is 108 g/mol. The van der Waals surface area contributed by atoms with Crippen molar-refractivity contribution in [3.05, 3.63) is 22.4 Å². The topological polar surface area (TPSA) is 43.1 Å². The number of nitro groups is 1. The van der Waals surface area contributed by atoms with Crippen molar-refractivity contribution in [3.63, 3.8) is 0 Å². The average molecular weight is 109 g/mol. The molecule has 0 aromatic carbocycles. The van der Waals surface area contributed by atoms with Gasteiger partial charge in [-0.15, -0.1) is 0 Å². The van der Waals surface area contributed by atoms with Crippen molar-refractivity contribution in [3.8, 4) is 0 Å². The zero-order valence-corrected chi connectivity index (χ0v) is 3.10. The molecule has 0 saturated heterocycles. The van der Waals surface area contributed by atoms with Gasteiger partial charge in [0.05, 0.1) is 4.92 Å². The minimum absolute atomic E-state index is 0.361. The van der Waals surface area contributed by atoms with E-state index in [4.69, 9.17) is 10.1 Å². The van der Waals surface area contributed by atoms with Gasteiger partial charge in [-0.3, -0.25) is 10.1 Å². The van der Waals surface area contributed by atoms with E-state index in [1.807, 2.05) is 0 Å². The lowest BCUT2D eigenvalue weighted by molar-refractivity contribution is -0.405. The van der Waals surface area contributed by atoms with Crippen molar-refractivity contribution in [2.24, 2.45) is 0 Å². The molecule has 7 heavy (non-hydrogen) atoms. The van der Waals surface area contributed by atoms with Gasteiger partial charge in [0.1, 0.15) is 0 Å². The van der Waals surface area contributed by atoms with Crippen LogP contribution >= 0.6 is 0 Å². The van der Waals surface area contributed by atoms with Crippen LogP contribution in [0.15, 0.2) is 12.3 Å². The molecule has 0 spiro atoms. The molecule has 0 aliphatic carbocycles. The molecule has 40 valence electrons. The Balaban J connectivity index is 3.68. The first-order valence-corrected chi connectivity index (χ1v) is 1.29. The van der Waals surface area contributed by atoms with Crippen LogP contribution in [0.3, 0.4) is 0 Å². The van der Waals surface area contributed by atoms with Gasteiger partial charge in [0.25, 0.3) is 6.20 Å². The lowest BCUT2D eigenvalue weighted by Gasteiger charge is -1.71. The molecule has 0 aromatic rings. The van der Waals surface area contributed by atoms with E-state index in [-0.39, 0.29) is 6.20 Å². The third-order valence-electron chi connectivity index (χ3n) is 0.203. The van der Waals surface area contributed by atoms with Crippen LogP contribution in [0.4, 0.5) is 8.78 Å². The molecule has 0 amide bonds. The van der Waals surface area contributed by atoms with Gasteiger partial charge in [0, 0.05) is 0 Å². The zero-order valence-electron chi connectivity index (χ0n) is 3.10. The highest BCUT2D eigenvalue weighted by atomic mass is 19.3. The fourth-order valence-electron chi connectivity index (χ4n) is 0.0797. The third kappa shape index (κ3) is 5.00. The molecule has 0 radical (unpaired) electrons. The first-order chi connectivity index (χ1) is 3.13. The maximum Gasteiger partial charge on any atom is 0.339 e. The molecule has 0 fully saturated rings. The predicted molar refractivity (Wildman–Crippen MR) is 17.3 cm³/mol. The maximum atomic E-state index is 10.7. The van der Waals surface area contributed by atoms with Crippen LogP contribution < -0.4 is 0 Å². The maximum absolute atomic E-state index is 10.7. The van der Waals surface area contributed by atoms with E-state index in [0.29, 0.717) is 0 Å². The lowest BCUT2D eigenvalue weighted by atomic mass is 11.0. The van der Waals surface area contributed by atoms with E-state index in [1.54, 1.807) is 0 Å². The molecule has 3 nitrogen and oxygen atoms in total. The predicted octanol–water partition coefficient (Wildman–Crippen LogP) is 1.00. The molecular formula is C2HF2NO2. The van der Waals surface area contributed by atoms with Crippen molar-refractivity contribution < 1.29 is 13.7 Å². The van der Waals surface area contributed by atoms with E-state index in [2.05, 4.69) is 0 Å². The average Bonchev–Trinajstić information content (AvgIpc) is 1.27. The van der Waals surface area contributed by atoms with E-state index < -0.39 is 11.0 Å². The van der Waals surface area contributed by atoms with Crippen molar-refractivity contribution >= 4 is 0 Å². The second kappa shape index (κ2) is 2.22. The first kappa shape index (κ1) is 6.00. The SMILES string of the molecule is O=[N+]([O-])C=C(F)F. The third-order valence-corrected chi connectivity index (χ3v) is 0.203. The Bertz CT molecular complexity index is 106. The summed E-state index contributed by atoms with van der Waals surface area (Å²) >= 11 is 0. The van der Waals surface area contributed by atoms with Crippen LogP contribution in [0, 0.1) is 10.1 Å². The lowest BCUT2D eigenvalue weighted by Crippen LogP contribution is -1.81. The summed E-state index contributed by atoms with van der Waals surface area (Å²) in [7, 11) is 0. The Kier molecular flexibility index (Phi) is 1.90. The fraction of sp³-hybridized carbons (Fsp3) is 0. The van der Waals surface area contributed by atoms with Crippen LogP contribution in [-0.2, 0) is 0 Å². The van der Waals surface area contributed by atoms with Crippen molar-refractivity contribution in [1.82, 2.24) is 0 Å². The molecule has 0 rings (SSSR count). The number of hydrogen-bond donors (Lipinski definition) is 0. The molecule has 0 unspecified atom stereocenters. The van der Waals surface area contributed by atoms with Gasteiger partial charge < -0.3 is 0 Å². The summed E-state index contributed by atoms with van der Waals surface area (Å²) in [6.45, 7) is 0. The number of halogens is 2. The van der Waals surface area contributed by atoms with Gasteiger partial charge in [0.15, 0.2) is 0 Å². The van der Waals surface area contributed by atoms with Crippen LogP contribution in [0.2, 0.25) is 0 Å². The zero-order chi connectivity index (χ0) is 5.86. The number of hydrogen-bond acceptors (Lipinski definition) is 2. The van der Waals surface area contributed by atoms with Crippen molar-refractivity contribution in [1.29, 1.82) is 0 Å². The first-order valence-electron chi connectivity index (χ1n) is 1.29. The smallest absolute Gasteiger partial charge is 0.259 e. The fourth-order valence-corrected chi connectivity index (χ4v) is 0.0797. The van der Waals surface area contributed by atoms with E-state index in [1.165, 1.54) is 0 Å². The molecule has 0 N–H and O–H groups in total. The van der Waals surface area contributed by atoms with Gasteiger partial charge in [0.2, 0.25) is 0 Å². The highest BCUT2D eigenvalue weighted by Crippen LogP contribution is 1.93. The van der Waals surface area contributed by atoms with Crippen LogP contribution in [0.5, 0.6) is 0 Å². The minimum Gasteiger partial charge on any atom is -0.259 e. The van der Waals surface area contributed by atoms with Crippen molar-refractivity contribution in [2.45, 2.75) is 0 Å².